The number of amides is 2. The SMILES string of the molecule is COc1ccc(CN2C(=O)CCC(n3c(=O)n(C)c4c(N5CCC(c6ccc(Cl)cc6)CC5)cccc43)C2=O)cc1. The summed E-state index contributed by atoms with van der Waals surface area (Å²) in [5.74, 6) is 0.598. The third-order valence-corrected chi connectivity index (χ3v) is 8.81. The van der Waals surface area contributed by atoms with Crippen molar-refractivity contribution < 1.29 is 14.3 Å². The third kappa shape index (κ3) is 5.01. The van der Waals surface area contributed by atoms with E-state index in [2.05, 4.69) is 23.1 Å². The Labute approximate surface area is 243 Å². The van der Waals surface area contributed by atoms with Crippen LogP contribution >= 0.6 is 11.6 Å². The average Bonchev–Trinajstić information content (AvgIpc) is 3.25. The van der Waals surface area contributed by atoms with Crippen molar-refractivity contribution in [1.29, 1.82) is 0 Å². The number of fused-ring (bicyclic) bond motifs is 1. The highest BCUT2D eigenvalue weighted by Crippen LogP contribution is 2.35. The molecule has 1 unspecified atom stereocenters. The zero-order valence-corrected chi connectivity index (χ0v) is 24.0. The number of para-hydroxylation sites is 1. The van der Waals surface area contributed by atoms with Crippen molar-refractivity contribution in [3.05, 3.63) is 93.4 Å². The number of aryl methyl sites for hydroxylation is 1. The van der Waals surface area contributed by atoms with Gasteiger partial charge in [0.2, 0.25) is 5.91 Å². The Morgan fingerprint density at radius 2 is 1.61 bits per heavy atom. The Morgan fingerprint density at radius 3 is 2.29 bits per heavy atom. The molecule has 1 aromatic heterocycles. The largest absolute Gasteiger partial charge is 0.497 e. The molecule has 1 atom stereocenters. The normalized spacial score (nSPS) is 18.4. The molecule has 6 rings (SSSR count). The summed E-state index contributed by atoms with van der Waals surface area (Å²) >= 11 is 6.08. The number of carbonyl (C=O) groups is 2. The van der Waals surface area contributed by atoms with Crippen molar-refractivity contribution in [3.8, 4) is 5.75 Å². The lowest BCUT2D eigenvalue weighted by atomic mass is 9.89. The van der Waals surface area contributed by atoms with E-state index < -0.39 is 6.04 Å². The fourth-order valence-electron chi connectivity index (χ4n) is 6.30. The Hall–Kier alpha value is -4.04. The van der Waals surface area contributed by atoms with E-state index in [0.29, 0.717) is 23.6 Å². The van der Waals surface area contributed by atoms with Crippen LogP contribution in [0.5, 0.6) is 5.75 Å². The molecule has 0 saturated carbocycles. The van der Waals surface area contributed by atoms with Gasteiger partial charge >= 0.3 is 5.69 Å². The minimum Gasteiger partial charge on any atom is -0.497 e. The minimum atomic E-state index is -0.743. The molecular weight excluding hydrogens is 540 g/mol. The van der Waals surface area contributed by atoms with Crippen molar-refractivity contribution in [2.75, 3.05) is 25.1 Å². The summed E-state index contributed by atoms with van der Waals surface area (Å²) < 4.78 is 8.46. The average molecular weight is 573 g/mol. The van der Waals surface area contributed by atoms with E-state index in [1.165, 1.54) is 10.5 Å². The van der Waals surface area contributed by atoms with Crippen LogP contribution < -0.4 is 15.3 Å². The van der Waals surface area contributed by atoms with Crippen LogP contribution in [0.3, 0.4) is 0 Å². The molecule has 0 bridgehead atoms. The molecule has 2 aliphatic heterocycles. The van der Waals surface area contributed by atoms with Gasteiger partial charge in [-0.05, 0) is 72.7 Å². The number of rotatable bonds is 6. The molecule has 9 heteroatoms. The number of nitrogens with zero attached hydrogens (tertiary/aromatic N) is 4. The molecule has 2 saturated heterocycles. The van der Waals surface area contributed by atoms with Crippen LogP contribution in [-0.2, 0) is 23.2 Å². The molecule has 0 spiro atoms. The molecule has 8 nitrogen and oxygen atoms in total. The number of likely N-dealkylation sites (tertiary alicyclic amines) is 1. The zero-order chi connectivity index (χ0) is 28.7. The minimum absolute atomic E-state index is 0.158. The highest BCUT2D eigenvalue weighted by Gasteiger charge is 2.38. The molecule has 2 aliphatic rings. The first-order valence-corrected chi connectivity index (χ1v) is 14.4. The number of methoxy groups -OCH3 is 1. The number of piperidine rings is 2. The number of carbonyl (C=O) groups excluding carboxylic acids is 2. The first-order chi connectivity index (χ1) is 19.9. The predicted molar refractivity (Wildman–Crippen MR) is 160 cm³/mol. The fraction of sp³-hybridized carbons (Fsp3) is 0.344. The molecule has 4 aromatic rings. The first kappa shape index (κ1) is 27.1. The van der Waals surface area contributed by atoms with E-state index in [1.807, 2.05) is 36.4 Å². The Balaban J connectivity index is 1.28. The zero-order valence-electron chi connectivity index (χ0n) is 23.3. The summed E-state index contributed by atoms with van der Waals surface area (Å²) in [6.07, 6.45) is 2.49. The van der Waals surface area contributed by atoms with Crippen molar-refractivity contribution in [2.45, 2.75) is 44.2 Å². The molecule has 41 heavy (non-hydrogen) atoms. The summed E-state index contributed by atoms with van der Waals surface area (Å²) in [6.45, 7) is 1.88. The quantitative estimate of drug-likeness (QED) is 0.294. The molecule has 0 aliphatic carbocycles. The van der Waals surface area contributed by atoms with Crippen molar-refractivity contribution in [1.82, 2.24) is 14.0 Å². The summed E-state index contributed by atoms with van der Waals surface area (Å²) in [5.41, 5.74) is 4.39. The third-order valence-electron chi connectivity index (χ3n) is 8.55. The van der Waals surface area contributed by atoms with Gasteiger partial charge in [0.05, 0.1) is 30.4 Å². The maximum absolute atomic E-state index is 13.7. The van der Waals surface area contributed by atoms with Crippen molar-refractivity contribution in [2.24, 2.45) is 7.05 Å². The molecule has 0 radical (unpaired) electrons. The highest BCUT2D eigenvalue weighted by molar-refractivity contribution is 6.30. The molecule has 0 N–H and O–H groups in total. The number of hydrogen-bond acceptors (Lipinski definition) is 5. The van der Waals surface area contributed by atoms with Crippen LogP contribution in [0.25, 0.3) is 11.0 Å². The molecule has 2 amide bonds. The fourth-order valence-corrected chi connectivity index (χ4v) is 6.43. The Kier molecular flexibility index (Phi) is 7.34. The second-order valence-corrected chi connectivity index (χ2v) is 11.3. The van der Waals surface area contributed by atoms with Gasteiger partial charge in [-0.25, -0.2) is 4.79 Å². The molecule has 3 heterocycles. The summed E-state index contributed by atoms with van der Waals surface area (Å²) in [6, 6.07) is 20.6. The standard InChI is InChI=1S/C32H33ClN4O4/c1-34-30-26(35-18-16-23(17-19-35)22-8-10-24(33)11-9-22)4-3-5-27(30)37(32(34)40)28-14-15-29(38)36(31(28)39)20-21-6-12-25(41-2)13-7-21/h3-13,23,28H,14-20H2,1-2H3. The topological polar surface area (TPSA) is 76.8 Å². The number of imidazole rings is 1. The van der Waals surface area contributed by atoms with Gasteiger partial charge in [-0.3, -0.25) is 23.6 Å². The van der Waals surface area contributed by atoms with Crippen LogP contribution in [-0.4, -0.2) is 46.0 Å². The molecule has 3 aromatic carbocycles. The van der Waals surface area contributed by atoms with Crippen LogP contribution in [0, 0.1) is 0 Å². The number of halogens is 1. The monoisotopic (exact) mass is 572 g/mol. The van der Waals surface area contributed by atoms with E-state index in [4.69, 9.17) is 16.3 Å². The number of ether oxygens (including phenoxy) is 1. The van der Waals surface area contributed by atoms with Gasteiger partial charge in [0.1, 0.15) is 11.8 Å². The lowest BCUT2D eigenvalue weighted by Gasteiger charge is -2.34. The second-order valence-electron chi connectivity index (χ2n) is 10.9. The molecule has 212 valence electrons. The lowest BCUT2D eigenvalue weighted by Crippen LogP contribution is -2.47. The van der Waals surface area contributed by atoms with Crippen LogP contribution in [0.1, 0.15) is 48.8 Å². The number of hydrogen-bond donors (Lipinski definition) is 0. The van der Waals surface area contributed by atoms with Crippen LogP contribution in [0.15, 0.2) is 71.5 Å². The van der Waals surface area contributed by atoms with E-state index in [9.17, 15) is 14.4 Å². The number of imide groups is 1. The van der Waals surface area contributed by atoms with Crippen LogP contribution in [0.2, 0.25) is 5.02 Å². The van der Waals surface area contributed by atoms with Crippen molar-refractivity contribution in [3.63, 3.8) is 0 Å². The number of aromatic nitrogens is 2. The van der Waals surface area contributed by atoms with E-state index in [-0.39, 0.29) is 30.5 Å². The number of anilines is 1. The Morgan fingerprint density at radius 1 is 0.902 bits per heavy atom. The van der Waals surface area contributed by atoms with Gasteiger partial charge in [0.15, 0.2) is 0 Å². The van der Waals surface area contributed by atoms with E-state index in [1.54, 1.807) is 35.4 Å². The Bertz CT molecular complexity index is 1650. The van der Waals surface area contributed by atoms with E-state index in [0.717, 1.165) is 47.7 Å². The van der Waals surface area contributed by atoms with E-state index >= 15 is 0 Å². The highest BCUT2D eigenvalue weighted by atomic mass is 35.5. The smallest absolute Gasteiger partial charge is 0.329 e. The van der Waals surface area contributed by atoms with Gasteiger partial charge in [-0.15, -0.1) is 0 Å². The second kappa shape index (κ2) is 11.1. The predicted octanol–water partition coefficient (Wildman–Crippen LogP) is 5.28. The van der Waals surface area contributed by atoms with Gasteiger partial charge in [-0.1, -0.05) is 41.9 Å². The first-order valence-electron chi connectivity index (χ1n) is 14.0. The van der Waals surface area contributed by atoms with Crippen molar-refractivity contribution >= 4 is 40.1 Å². The maximum atomic E-state index is 13.7. The number of benzene rings is 3. The van der Waals surface area contributed by atoms with Gasteiger partial charge in [0.25, 0.3) is 5.91 Å². The van der Waals surface area contributed by atoms with Gasteiger partial charge in [0, 0.05) is 31.6 Å². The van der Waals surface area contributed by atoms with Crippen LogP contribution in [0.4, 0.5) is 5.69 Å². The molecular formula is C32H33ClN4O4. The maximum Gasteiger partial charge on any atom is 0.329 e. The summed E-state index contributed by atoms with van der Waals surface area (Å²) in [5, 5.41) is 0.743. The summed E-state index contributed by atoms with van der Waals surface area (Å²) in [4.78, 5) is 43.9. The summed E-state index contributed by atoms with van der Waals surface area (Å²) in [7, 11) is 3.35. The lowest BCUT2D eigenvalue weighted by molar-refractivity contribution is -0.151. The molecule has 2 fully saturated rings. The van der Waals surface area contributed by atoms with Gasteiger partial charge < -0.3 is 9.64 Å². The van der Waals surface area contributed by atoms with Gasteiger partial charge in [-0.2, -0.15) is 0 Å².